The van der Waals surface area contributed by atoms with E-state index in [-0.39, 0.29) is 5.91 Å². The van der Waals surface area contributed by atoms with E-state index < -0.39 is 0 Å². The standard InChI is InChI=1S/C21H19NOS2/c1-15-5-6-16(2)20(14-15)25-19-9-7-17(8-10-19)22-21(23)12-11-18-4-3-13-24-18/h3-14H,1-2H3,(H,22,23)/b12-11+. The number of rotatable bonds is 5. The number of hydrogen-bond donors (Lipinski definition) is 1. The normalized spacial score (nSPS) is 11.0. The lowest BCUT2D eigenvalue weighted by Crippen LogP contribution is -2.07. The molecule has 0 bridgehead atoms. The van der Waals surface area contributed by atoms with Gasteiger partial charge >= 0.3 is 0 Å². The van der Waals surface area contributed by atoms with E-state index in [0.29, 0.717) is 0 Å². The Morgan fingerprint density at radius 3 is 2.60 bits per heavy atom. The molecule has 0 spiro atoms. The third-order valence-corrected chi connectivity index (χ3v) is 5.64. The van der Waals surface area contributed by atoms with Gasteiger partial charge in [0.15, 0.2) is 0 Å². The predicted octanol–water partition coefficient (Wildman–Crippen LogP) is 6.17. The fourth-order valence-corrected chi connectivity index (χ4v) is 3.90. The number of carbonyl (C=O) groups excluding carboxylic acids is 1. The van der Waals surface area contributed by atoms with Crippen molar-refractivity contribution in [2.45, 2.75) is 23.6 Å². The molecule has 0 aliphatic rings. The van der Waals surface area contributed by atoms with Crippen LogP contribution in [0.25, 0.3) is 6.08 Å². The monoisotopic (exact) mass is 365 g/mol. The van der Waals surface area contributed by atoms with Crippen LogP contribution in [0.15, 0.2) is 75.8 Å². The maximum Gasteiger partial charge on any atom is 0.248 e. The molecule has 1 aromatic heterocycles. The van der Waals surface area contributed by atoms with E-state index in [9.17, 15) is 4.79 Å². The Morgan fingerprint density at radius 2 is 1.88 bits per heavy atom. The molecule has 0 unspecified atom stereocenters. The minimum absolute atomic E-state index is 0.122. The highest BCUT2D eigenvalue weighted by atomic mass is 32.2. The Morgan fingerprint density at radius 1 is 1.08 bits per heavy atom. The summed E-state index contributed by atoms with van der Waals surface area (Å²) in [6.45, 7) is 4.22. The van der Waals surface area contributed by atoms with E-state index in [4.69, 9.17) is 0 Å². The molecule has 1 heterocycles. The number of nitrogens with one attached hydrogen (secondary N) is 1. The van der Waals surface area contributed by atoms with Crippen molar-refractivity contribution in [1.82, 2.24) is 0 Å². The summed E-state index contributed by atoms with van der Waals surface area (Å²) in [4.78, 5) is 15.4. The van der Waals surface area contributed by atoms with Crippen molar-refractivity contribution in [3.63, 3.8) is 0 Å². The van der Waals surface area contributed by atoms with Gasteiger partial charge in [0.1, 0.15) is 0 Å². The second-order valence-electron chi connectivity index (χ2n) is 5.73. The Labute approximate surface area is 156 Å². The maximum atomic E-state index is 12.0. The van der Waals surface area contributed by atoms with E-state index in [0.717, 1.165) is 15.5 Å². The van der Waals surface area contributed by atoms with Crippen LogP contribution in [0, 0.1) is 13.8 Å². The first-order valence-electron chi connectivity index (χ1n) is 7.98. The molecule has 0 saturated heterocycles. The van der Waals surface area contributed by atoms with Gasteiger partial charge in [0.2, 0.25) is 5.91 Å². The third-order valence-electron chi connectivity index (χ3n) is 3.64. The first-order valence-corrected chi connectivity index (χ1v) is 9.67. The molecular weight excluding hydrogens is 346 g/mol. The highest BCUT2D eigenvalue weighted by Crippen LogP contribution is 2.31. The third kappa shape index (κ3) is 5.08. The number of aryl methyl sites for hydroxylation is 2. The first kappa shape index (κ1) is 17.5. The molecule has 4 heteroatoms. The summed E-state index contributed by atoms with van der Waals surface area (Å²) in [5, 5.41) is 4.88. The largest absolute Gasteiger partial charge is 0.323 e. The molecule has 25 heavy (non-hydrogen) atoms. The van der Waals surface area contributed by atoms with Crippen molar-refractivity contribution in [3.05, 3.63) is 82.1 Å². The van der Waals surface area contributed by atoms with Crippen molar-refractivity contribution >= 4 is 40.8 Å². The van der Waals surface area contributed by atoms with Crippen molar-refractivity contribution in [3.8, 4) is 0 Å². The number of hydrogen-bond acceptors (Lipinski definition) is 3. The smallest absolute Gasteiger partial charge is 0.248 e. The van der Waals surface area contributed by atoms with E-state index >= 15 is 0 Å². The number of anilines is 1. The average Bonchev–Trinajstić information content (AvgIpc) is 3.12. The molecule has 0 atom stereocenters. The lowest BCUT2D eigenvalue weighted by atomic mass is 10.2. The fourth-order valence-electron chi connectivity index (χ4n) is 2.28. The van der Waals surface area contributed by atoms with Crippen molar-refractivity contribution in [2.75, 3.05) is 5.32 Å². The van der Waals surface area contributed by atoms with E-state index in [1.54, 1.807) is 29.2 Å². The summed E-state index contributed by atoms with van der Waals surface area (Å²) in [6.07, 6.45) is 3.38. The van der Waals surface area contributed by atoms with Gasteiger partial charge in [-0.15, -0.1) is 11.3 Å². The van der Waals surface area contributed by atoms with Gasteiger partial charge in [-0.05, 0) is 72.8 Å². The lowest BCUT2D eigenvalue weighted by Gasteiger charge is -2.08. The van der Waals surface area contributed by atoms with Crippen LogP contribution in [0.5, 0.6) is 0 Å². The molecule has 3 rings (SSSR count). The molecule has 0 radical (unpaired) electrons. The highest BCUT2D eigenvalue weighted by molar-refractivity contribution is 7.99. The van der Waals surface area contributed by atoms with Crippen molar-refractivity contribution < 1.29 is 4.79 Å². The van der Waals surface area contributed by atoms with Crippen LogP contribution in [0.2, 0.25) is 0 Å². The van der Waals surface area contributed by atoms with Crippen molar-refractivity contribution in [1.29, 1.82) is 0 Å². The SMILES string of the molecule is Cc1ccc(C)c(Sc2ccc(NC(=O)/C=C/c3cccs3)cc2)c1. The Kier molecular flexibility index (Phi) is 5.74. The van der Waals surface area contributed by atoms with Crippen LogP contribution < -0.4 is 5.32 Å². The minimum atomic E-state index is -0.122. The van der Waals surface area contributed by atoms with Gasteiger partial charge in [-0.2, -0.15) is 0 Å². The Hall–Kier alpha value is -2.30. The number of carbonyl (C=O) groups is 1. The molecule has 2 nitrogen and oxygen atoms in total. The van der Waals surface area contributed by atoms with E-state index in [1.165, 1.54) is 16.0 Å². The number of thiophene rings is 1. The molecule has 3 aromatic rings. The summed E-state index contributed by atoms with van der Waals surface area (Å²) in [7, 11) is 0. The number of benzene rings is 2. The molecule has 2 aromatic carbocycles. The van der Waals surface area contributed by atoms with Gasteiger partial charge in [0.05, 0.1) is 0 Å². The van der Waals surface area contributed by atoms with Crippen molar-refractivity contribution in [2.24, 2.45) is 0 Å². The summed E-state index contributed by atoms with van der Waals surface area (Å²) in [5.41, 5.74) is 3.33. The molecule has 0 aliphatic heterocycles. The van der Waals surface area contributed by atoms with Gasteiger partial charge < -0.3 is 5.32 Å². The van der Waals surface area contributed by atoms with E-state index in [1.807, 2.05) is 47.9 Å². The second kappa shape index (κ2) is 8.19. The minimum Gasteiger partial charge on any atom is -0.323 e. The van der Waals surface area contributed by atoms with Crippen LogP contribution in [-0.4, -0.2) is 5.91 Å². The van der Waals surface area contributed by atoms with Crippen LogP contribution in [0.1, 0.15) is 16.0 Å². The Bertz CT molecular complexity index is 881. The second-order valence-corrected chi connectivity index (χ2v) is 7.83. The number of amides is 1. The Balaban J connectivity index is 1.62. The first-order chi connectivity index (χ1) is 12.1. The quantitative estimate of drug-likeness (QED) is 0.548. The van der Waals surface area contributed by atoms with Gasteiger partial charge in [0.25, 0.3) is 0 Å². The molecule has 1 amide bonds. The topological polar surface area (TPSA) is 29.1 Å². The maximum absolute atomic E-state index is 12.0. The molecular formula is C21H19NOS2. The summed E-state index contributed by atoms with van der Waals surface area (Å²) < 4.78 is 0. The molecule has 126 valence electrons. The summed E-state index contributed by atoms with van der Waals surface area (Å²) in [5.74, 6) is -0.122. The molecule has 0 saturated carbocycles. The molecule has 1 N–H and O–H groups in total. The molecule has 0 aliphatic carbocycles. The zero-order valence-electron chi connectivity index (χ0n) is 14.2. The predicted molar refractivity (Wildman–Crippen MR) is 108 cm³/mol. The van der Waals surface area contributed by atoms with Gasteiger partial charge in [-0.25, -0.2) is 0 Å². The van der Waals surface area contributed by atoms with Gasteiger partial charge in [-0.3, -0.25) is 4.79 Å². The van der Waals surface area contributed by atoms with Gasteiger partial charge in [-0.1, -0.05) is 30.0 Å². The highest BCUT2D eigenvalue weighted by Gasteiger charge is 2.03. The zero-order chi connectivity index (χ0) is 17.6. The van der Waals surface area contributed by atoms with E-state index in [2.05, 4.69) is 37.4 Å². The summed E-state index contributed by atoms with van der Waals surface area (Å²) in [6, 6.07) is 18.4. The van der Waals surface area contributed by atoms with Crippen LogP contribution in [0.3, 0.4) is 0 Å². The van der Waals surface area contributed by atoms with Gasteiger partial charge in [0, 0.05) is 26.4 Å². The zero-order valence-corrected chi connectivity index (χ0v) is 15.8. The van der Waals surface area contributed by atoms with Crippen LogP contribution in [0.4, 0.5) is 5.69 Å². The molecule has 0 fully saturated rings. The summed E-state index contributed by atoms with van der Waals surface area (Å²) >= 11 is 3.35. The average molecular weight is 366 g/mol. The van der Waals surface area contributed by atoms with Crippen LogP contribution in [-0.2, 0) is 4.79 Å². The lowest BCUT2D eigenvalue weighted by molar-refractivity contribution is -0.111. The van der Waals surface area contributed by atoms with Crippen LogP contribution >= 0.6 is 23.1 Å². The fraction of sp³-hybridized carbons (Fsp3) is 0.0952.